The number of hydrogen-bond acceptors (Lipinski definition) is 5. The van der Waals surface area contributed by atoms with Crippen LogP contribution in [-0.4, -0.2) is 38.3 Å². The highest BCUT2D eigenvalue weighted by molar-refractivity contribution is 8.00. The molecule has 1 aliphatic heterocycles. The normalized spacial score (nSPS) is 23.3. The summed E-state index contributed by atoms with van der Waals surface area (Å²) < 4.78 is 15.9. The van der Waals surface area contributed by atoms with E-state index in [1.54, 1.807) is 18.9 Å². The monoisotopic (exact) mass is 336 g/mol. The lowest BCUT2D eigenvalue weighted by molar-refractivity contribution is -0.136. The Morgan fingerprint density at radius 3 is 2.74 bits per heavy atom. The second-order valence-electron chi connectivity index (χ2n) is 5.79. The SMILES string of the molecule is COC(=O)/C=C1/CO[C@H](OC)[C@@H](Sc2ccccc2C(C)C)C1. The minimum absolute atomic E-state index is 0.101. The number of carbonyl (C=O) groups is 1. The lowest BCUT2D eigenvalue weighted by Crippen LogP contribution is -2.34. The molecule has 23 heavy (non-hydrogen) atoms. The molecular weight excluding hydrogens is 312 g/mol. The Kier molecular flexibility index (Phi) is 6.69. The second kappa shape index (κ2) is 8.52. The highest BCUT2D eigenvalue weighted by Gasteiger charge is 2.30. The number of carbonyl (C=O) groups excluding carboxylic acids is 1. The van der Waals surface area contributed by atoms with Crippen LogP contribution < -0.4 is 0 Å². The molecule has 1 fully saturated rings. The molecule has 0 N–H and O–H groups in total. The van der Waals surface area contributed by atoms with Crippen LogP contribution in [0.5, 0.6) is 0 Å². The summed E-state index contributed by atoms with van der Waals surface area (Å²) in [5.41, 5.74) is 2.25. The van der Waals surface area contributed by atoms with Crippen molar-refractivity contribution in [2.45, 2.75) is 42.6 Å². The molecule has 4 nitrogen and oxygen atoms in total. The van der Waals surface area contributed by atoms with Crippen LogP contribution in [0, 0.1) is 0 Å². The average molecular weight is 336 g/mol. The van der Waals surface area contributed by atoms with E-state index in [1.165, 1.54) is 23.6 Å². The summed E-state index contributed by atoms with van der Waals surface area (Å²) in [4.78, 5) is 12.7. The van der Waals surface area contributed by atoms with Gasteiger partial charge in [-0.1, -0.05) is 32.0 Å². The number of methoxy groups -OCH3 is 2. The first-order valence-electron chi connectivity index (χ1n) is 7.72. The van der Waals surface area contributed by atoms with Gasteiger partial charge in [0.25, 0.3) is 0 Å². The smallest absolute Gasteiger partial charge is 0.330 e. The van der Waals surface area contributed by atoms with Gasteiger partial charge in [0, 0.05) is 18.1 Å². The summed E-state index contributed by atoms with van der Waals surface area (Å²) in [7, 11) is 3.04. The fourth-order valence-electron chi connectivity index (χ4n) is 2.58. The van der Waals surface area contributed by atoms with Crippen LogP contribution in [0.3, 0.4) is 0 Å². The van der Waals surface area contributed by atoms with Crippen LogP contribution in [0.15, 0.2) is 40.8 Å². The third-order valence-corrected chi connectivity index (χ3v) is 5.09. The van der Waals surface area contributed by atoms with Crippen LogP contribution in [0.1, 0.15) is 31.7 Å². The first kappa shape index (κ1) is 18.0. The van der Waals surface area contributed by atoms with E-state index in [9.17, 15) is 4.79 Å². The fourth-order valence-corrected chi connectivity index (χ4v) is 4.10. The van der Waals surface area contributed by atoms with Crippen LogP contribution in [0.4, 0.5) is 0 Å². The van der Waals surface area contributed by atoms with Crippen molar-refractivity contribution in [2.75, 3.05) is 20.8 Å². The Hall–Kier alpha value is -1.30. The van der Waals surface area contributed by atoms with E-state index < -0.39 is 0 Å². The summed E-state index contributed by atoms with van der Waals surface area (Å²) in [6.45, 7) is 4.77. The van der Waals surface area contributed by atoms with Crippen molar-refractivity contribution in [3.05, 3.63) is 41.5 Å². The molecule has 1 heterocycles. The minimum Gasteiger partial charge on any atom is -0.466 e. The van der Waals surface area contributed by atoms with Gasteiger partial charge in [-0.2, -0.15) is 0 Å². The number of benzene rings is 1. The van der Waals surface area contributed by atoms with E-state index in [0.29, 0.717) is 12.5 Å². The summed E-state index contributed by atoms with van der Waals surface area (Å²) in [5.74, 6) is 0.111. The largest absolute Gasteiger partial charge is 0.466 e. The van der Waals surface area contributed by atoms with Crippen LogP contribution in [0.2, 0.25) is 0 Å². The molecule has 1 aromatic rings. The molecule has 0 spiro atoms. The van der Waals surface area contributed by atoms with Gasteiger partial charge in [0.05, 0.1) is 19.0 Å². The topological polar surface area (TPSA) is 44.8 Å². The van der Waals surface area contributed by atoms with Gasteiger partial charge >= 0.3 is 5.97 Å². The Bertz CT molecular complexity index is 568. The fraction of sp³-hybridized carbons (Fsp3) is 0.500. The molecule has 0 radical (unpaired) electrons. The predicted octanol–water partition coefficient (Wildman–Crippen LogP) is 3.76. The molecule has 0 unspecified atom stereocenters. The van der Waals surface area contributed by atoms with Crippen molar-refractivity contribution in [3.8, 4) is 0 Å². The van der Waals surface area contributed by atoms with Crippen molar-refractivity contribution in [2.24, 2.45) is 0 Å². The van der Waals surface area contributed by atoms with E-state index in [0.717, 1.165) is 12.0 Å². The standard InChI is InChI=1S/C18H24O4S/c1-12(2)14-7-5-6-8-15(14)23-16-9-13(10-17(19)20-3)11-22-18(16)21-4/h5-8,10,12,16,18H,9,11H2,1-4H3/b13-10+/t16-,18-/m0/s1. The molecule has 5 heteroatoms. The third kappa shape index (κ3) is 4.83. The zero-order valence-corrected chi connectivity index (χ0v) is 14.9. The molecule has 126 valence electrons. The van der Waals surface area contributed by atoms with Crippen molar-refractivity contribution in [1.29, 1.82) is 0 Å². The molecule has 0 aliphatic carbocycles. The van der Waals surface area contributed by atoms with Crippen LogP contribution in [0.25, 0.3) is 0 Å². The first-order valence-corrected chi connectivity index (χ1v) is 8.60. The van der Waals surface area contributed by atoms with Gasteiger partial charge in [0.15, 0.2) is 6.29 Å². The Balaban J connectivity index is 2.18. The van der Waals surface area contributed by atoms with Gasteiger partial charge in [-0.25, -0.2) is 4.79 Å². The molecule has 0 aromatic heterocycles. The van der Waals surface area contributed by atoms with Gasteiger partial charge in [0.2, 0.25) is 0 Å². The highest BCUT2D eigenvalue weighted by Crippen LogP contribution is 2.37. The van der Waals surface area contributed by atoms with Gasteiger partial charge in [-0.05, 0) is 29.5 Å². The van der Waals surface area contributed by atoms with E-state index in [1.807, 2.05) is 6.07 Å². The maximum absolute atomic E-state index is 11.4. The second-order valence-corrected chi connectivity index (χ2v) is 7.07. The first-order chi connectivity index (χ1) is 11.0. The van der Waals surface area contributed by atoms with Crippen molar-refractivity contribution < 1.29 is 19.0 Å². The van der Waals surface area contributed by atoms with E-state index in [-0.39, 0.29) is 17.5 Å². The van der Waals surface area contributed by atoms with Gasteiger partial charge in [0.1, 0.15) is 0 Å². The highest BCUT2D eigenvalue weighted by atomic mass is 32.2. The summed E-state index contributed by atoms with van der Waals surface area (Å²) in [5, 5.41) is 0.101. The number of hydrogen-bond donors (Lipinski definition) is 0. The van der Waals surface area contributed by atoms with Gasteiger partial charge in [-0.3, -0.25) is 0 Å². The molecule has 2 rings (SSSR count). The van der Waals surface area contributed by atoms with E-state index in [2.05, 4.69) is 32.0 Å². The molecule has 1 saturated heterocycles. The lowest BCUT2D eigenvalue weighted by atomic mass is 10.0. The Morgan fingerprint density at radius 1 is 1.35 bits per heavy atom. The van der Waals surface area contributed by atoms with E-state index in [4.69, 9.17) is 14.2 Å². The number of esters is 1. The van der Waals surface area contributed by atoms with Crippen molar-refractivity contribution in [1.82, 2.24) is 0 Å². The summed E-state index contributed by atoms with van der Waals surface area (Å²) >= 11 is 1.75. The average Bonchev–Trinajstić information content (AvgIpc) is 2.55. The van der Waals surface area contributed by atoms with Crippen molar-refractivity contribution in [3.63, 3.8) is 0 Å². The van der Waals surface area contributed by atoms with Crippen LogP contribution >= 0.6 is 11.8 Å². The molecule has 1 aromatic carbocycles. The predicted molar refractivity (Wildman–Crippen MR) is 91.6 cm³/mol. The Morgan fingerprint density at radius 2 is 2.09 bits per heavy atom. The maximum atomic E-state index is 11.4. The molecule has 0 saturated carbocycles. The molecule has 0 bridgehead atoms. The Labute approximate surface area is 142 Å². The van der Waals surface area contributed by atoms with Gasteiger partial charge < -0.3 is 14.2 Å². The quantitative estimate of drug-likeness (QED) is 0.605. The summed E-state index contributed by atoms with van der Waals surface area (Å²) in [6, 6.07) is 8.40. The summed E-state index contributed by atoms with van der Waals surface area (Å²) in [6.07, 6.45) is 1.98. The molecule has 1 aliphatic rings. The lowest BCUT2D eigenvalue weighted by Gasteiger charge is -2.32. The molecular formula is C18H24O4S. The van der Waals surface area contributed by atoms with Crippen molar-refractivity contribution >= 4 is 17.7 Å². The minimum atomic E-state index is -0.342. The third-order valence-electron chi connectivity index (χ3n) is 3.77. The molecule has 2 atom stereocenters. The number of rotatable bonds is 5. The molecule has 0 amide bonds. The maximum Gasteiger partial charge on any atom is 0.330 e. The van der Waals surface area contributed by atoms with Crippen LogP contribution in [-0.2, 0) is 19.0 Å². The number of thioether (sulfide) groups is 1. The zero-order valence-electron chi connectivity index (χ0n) is 14.1. The number of ether oxygens (including phenoxy) is 3. The van der Waals surface area contributed by atoms with Gasteiger partial charge in [-0.15, -0.1) is 11.8 Å². The zero-order chi connectivity index (χ0) is 16.8. The van der Waals surface area contributed by atoms with E-state index >= 15 is 0 Å².